The lowest BCUT2D eigenvalue weighted by molar-refractivity contribution is -0.130. The molecule has 19 heavy (non-hydrogen) atoms. The summed E-state index contributed by atoms with van der Waals surface area (Å²) in [4.78, 5) is 13.8. The Balaban J connectivity index is 2.14. The van der Waals surface area contributed by atoms with Crippen LogP contribution in [0.3, 0.4) is 0 Å². The van der Waals surface area contributed by atoms with Gasteiger partial charge >= 0.3 is 0 Å². The van der Waals surface area contributed by atoms with E-state index in [9.17, 15) is 14.3 Å². The molecule has 4 heteroatoms. The van der Waals surface area contributed by atoms with E-state index in [1.165, 1.54) is 12.1 Å². The lowest BCUT2D eigenvalue weighted by atomic mass is 9.89. The first kappa shape index (κ1) is 14.0. The summed E-state index contributed by atoms with van der Waals surface area (Å²) < 4.78 is 12.9. The second-order valence-electron chi connectivity index (χ2n) is 5.51. The summed E-state index contributed by atoms with van der Waals surface area (Å²) >= 11 is 0. The van der Waals surface area contributed by atoms with E-state index in [2.05, 4.69) is 13.8 Å². The summed E-state index contributed by atoms with van der Waals surface area (Å²) in [7, 11) is 0. The average Bonchev–Trinajstić information content (AvgIpc) is 2.69. The largest absolute Gasteiger partial charge is 0.394 e. The van der Waals surface area contributed by atoms with Crippen molar-refractivity contribution in [2.75, 3.05) is 6.61 Å². The number of hydrogen-bond donors (Lipinski definition) is 1. The molecule has 0 unspecified atom stereocenters. The van der Waals surface area contributed by atoms with Gasteiger partial charge in [0.25, 0.3) is 0 Å². The van der Waals surface area contributed by atoms with Gasteiger partial charge in [0, 0.05) is 13.0 Å². The third-order valence-corrected chi connectivity index (χ3v) is 3.93. The Morgan fingerprint density at radius 3 is 2.53 bits per heavy atom. The minimum Gasteiger partial charge on any atom is -0.394 e. The van der Waals surface area contributed by atoms with Gasteiger partial charge in [-0.05, 0) is 29.5 Å². The van der Waals surface area contributed by atoms with Gasteiger partial charge in [-0.1, -0.05) is 26.0 Å². The summed E-state index contributed by atoms with van der Waals surface area (Å²) in [6.45, 7) is 4.56. The van der Waals surface area contributed by atoms with Gasteiger partial charge in [0.05, 0.1) is 12.6 Å². The summed E-state index contributed by atoms with van der Waals surface area (Å²) in [5, 5.41) is 9.54. The SMILES string of the molecule is CC(C)[C@H]1CC(=O)N(Cc2ccc(F)cc2)[C@@H]1CO. The third kappa shape index (κ3) is 2.95. The van der Waals surface area contributed by atoms with Crippen molar-refractivity contribution in [3.63, 3.8) is 0 Å². The zero-order valence-corrected chi connectivity index (χ0v) is 11.3. The van der Waals surface area contributed by atoms with Crippen LogP contribution in [0.25, 0.3) is 0 Å². The Labute approximate surface area is 113 Å². The number of hydrogen-bond acceptors (Lipinski definition) is 2. The number of benzene rings is 1. The van der Waals surface area contributed by atoms with Crippen LogP contribution in [0.15, 0.2) is 24.3 Å². The molecule has 1 aromatic carbocycles. The molecule has 1 saturated heterocycles. The first-order chi connectivity index (χ1) is 9.02. The minimum absolute atomic E-state index is 0.0181. The molecule has 1 N–H and O–H groups in total. The Morgan fingerprint density at radius 2 is 2.00 bits per heavy atom. The number of carbonyl (C=O) groups excluding carboxylic acids is 1. The molecular weight excluding hydrogens is 245 g/mol. The van der Waals surface area contributed by atoms with Crippen molar-refractivity contribution in [2.24, 2.45) is 11.8 Å². The van der Waals surface area contributed by atoms with Crippen molar-refractivity contribution in [2.45, 2.75) is 32.9 Å². The number of rotatable bonds is 4. The molecule has 0 spiro atoms. The molecule has 1 amide bonds. The molecule has 3 nitrogen and oxygen atoms in total. The lowest BCUT2D eigenvalue weighted by Crippen LogP contribution is -2.38. The van der Waals surface area contributed by atoms with Gasteiger partial charge in [-0.2, -0.15) is 0 Å². The molecule has 2 atom stereocenters. The van der Waals surface area contributed by atoms with E-state index in [0.717, 1.165) is 5.56 Å². The zero-order valence-electron chi connectivity index (χ0n) is 11.3. The highest BCUT2D eigenvalue weighted by molar-refractivity contribution is 5.79. The zero-order chi connectivity index (χ0) is 14.0. The summed E-state index contributed by atoms with van der Waals surface area (Å²) in [5.41, 5.74) is 0.887. The summed E-state index contributed by atoms with van der Waals surface area (Å²) in [6.07, 6.45) is 0.490. The van der Waals surface area contributed by atoms with Crippen molar-refractivity contribution >= 4 is 5.91 Å². The smallest absolute Gasteiger partial charge is 0.223 e. The molecular formula is C15H20FNO2. The number of halogens is 1. The standard InChI is InChI=1S/C15H20FNO2/c1-10(2)13-7-15(19)17(14(13)9-18)8-11-3-5-12(16)6-4-11/h3-6,10,13-14,18H,7-9H2,1-2H3/t13-,14-/m1/s1. The average molecular weight is 265 g/mol. The van der Waals surface area contributed by atoms with Crippen molar-refractivity contribution in [3.8, 4) is 0 Å². The van der Waals surface area contributed by atoms with Crippen molar-refractivity contribution in [1.29, 1.82) is 0 Å². The highest BCUT2D eigenvalue weighted by Crippen LogP contribution is 2.32. The van der Waals surface area contributed by atoms with Gasteiger partial charge < -0.3 is 10.0 Å². The van der Waals surface area contributed by atoms with E-state index in [-0.39, 0.29) is 30.3 Å². The number of carbonyl (C=O) groups is 1. The van der Waals surface area contributed by atoms with Crippen LogP contribution in [0.5, 0.6) is 0 Å². The fraction of sp³-hybridized carbons (Fsp3) is 0.533. The molecule has 0 aliphatic carbocycles. The fourth-order valence-electron chi connectivity index (χ4n) is 2.78. The van der Waals surface area contributed by atoms with Crippen LogP contribution in [-0.4, -0.2) is 28.6 Å². The third-order valence-electron chi connectivity index (χ3n) is 3.93. The normalized spacial score (nSPS) is 23.4. The van der Waals surface area contributed by atoms with Crippen LogP contribution in [-0.2, 0) is 11.3 Å². The highest BCUT2D eigenvalue weighted by atomic mass is 19.1. The Hall–Kier alpha value is -1.42. The van der Waals surface area contributed by atoms with E-state index >= 15 is 0 Å². The Kier molecular flexibility index (Phi) is 4.20. The van der Waals surface area contributed by atoms with E-state index < -0.39 is 0 Å². The first-order valence-corrected chi connectivity index (χ1v) is 6.67. The van der Waals surface area contributed by atoms with Gasteiger partial charge in [-0.3, -0.25) is 4.79 Å². The predicted octanol–water partition coefficient (Wildman–Crippen LogP) is 2.19. The van der Waals surface area contributed by atoms with E-state index in [0.29, 0.717) is 18.9 Å². The van der Waals surface area contributed by atoms with Crippen LogP contribution in [0.4, 0.5) is 4.39 Å². The Bertz CT molecular complexity index is 444. The predicted molar refractivity (Wildman–Crippen MR) is 70.8 cm³/mol. The highest BCUT2D eigenvalue weighted by Gasteiger charge is 2.40. The second-order valence-corrected chi connectivity index (χ2v) is 5.51. The number of amides is 1. The quantitative estimate of drug-likeness (QED) is 0.906. The van der Waals surface area contributed by atoms with Gasteiger partial charge in [-0.25, -0.2) is 4.39 Å². The molecule has 104 valence electrons. The molecule has 1 aliphatic heterocycles. The van der Waals surface area contributed by atoms with Crippen molar-refractivity contribution < 1.29 is 14.3 Å². The summed E-state index contributed by atoms with van der Waals surface area (Å²) in [6, 6.07) is 6.02. The first-order valence-electron chi connectivity index (χ1n) is 6.67. The van der Waals surface area contributed by atoms with E-state index in [4.69, 9.17) is 0 Å². The molecule has 0 aromatic heterocycles. The van der Waals surface area contributed by atoms with Crippen LogP contribution < -0.4 is 0 Å². The molecule has 2 rings (SSSR count). The maximum atomic E-state index is 12.9. The second kappa shape index (κ2) is 5.70. The molecule has 0 radical (unpaired) electrons. The maximum Gasteiger partial charge on any atom is 0.223 e. The number of aliphatic hydroxyl groups excluding tert-OH is 1. The van der Waals surface area contributed by atoms with Gasteiger partial charge in [0.2, 0.25) is 5.91 Å². The van der Waals surface area contributed by atoms with Crippen LogP contribution >= 0.6 is 0 Å². The molecule has 0 bridgehead atoms. The molecule has 1 aliphatic rings. The number of nitrogens with zero attached hydrogens (tertiary/aromatic N) is 1. The molecule has 1 aromatic rings. The van der Waals surface area contributed by atoms with E-state index in [1.54, 1.807) is 17.0 Å². The van der Waals surface area contributed by atoms with Gasteiger partial charge in [0.1, 0.15) is 5.82 Å². The number of aliphatic hydroxyl groups is 1. The molecule has 0 saturated carbocycles. The monoisotopic (exact) mass is 265 g/mol. The lowest BCUT2D eigenvalue weighted by Gasteiger charge is -2.28. The minimum atomic E-state index is -0.282. The number of likely N-dealkylation sites (tertiary alicyclic amines) is 1. The molecule has 1 heterocycles. The maximum absolute atomic E-state index is 12.9. The van der Waals surface area contributed by atoms with Crippen LogP contribution in [0.2, 0.25) is 0 Å². The van der Waals surface area contributed by atoms with E-state index in [1.807, 2.05) is 0 Å². The van der Waals surface area contributed by atoms with Crippen LogP contribution in [0.1, 0.15) is 25.8 Å². The van der Waals surface area contributed by atoms with Crippen LogP contribution in [0, 0.1) is 17.7 Å². The van der Waals surface area contributed by atoms with Gasteiger partial charge in [-0.15, -0.1) is 0 Å². The van der Waals surface area contributed by atoms with Crippen molar-refractivity contribution in [1.82, 2.24) is 4.90 Å². The Morgan fingerprint density at radius 1 is 1.37 bits per heavy atom. The fourth-order valence-corrected chi connectivity index (χ4v) is 2.78. The molecule has 1 fully saturated rings. The van der Waals surface area contributed by atoms with Gasteiger partial charge in [0.15, 0.2) is 0 Å². The van der Waals surface area contributed by atoms with Crippen molar-refractivity contribution in [3.05, 3.63) is 35.6 Å². The topological polar surface area (TPSA) is 40.5 Å². The summed E-state index contributed by atoms with van der Waals surface area (Å²) in [5.74, 6) is 0.342.